The molecule has 0 spiro atoms. The van der Waals surface area contributed by atoms with Crippen LogP contribution in [0.25, 0.3) is 0 Å². The molecule has 3 aromatic rings. The molecule has 0 saturated heterocycles. The molecule has 7 nitrogen and oxygen atoms in total. The van der Waals surface area contributed by atoms with Gasteiger partial charge in [-0.05, 0) is 36.2 Å². The van der Waals surface area contributed by atoms with E-state index in [9.17, 15) is 22.0 Å². The fraction of sp³-hybridized carbons (Fsp3) is 0.174. The summed E-state index contributed by atoms with van der Waals surface area (Å²) >= 11 is 0. The van der Waals surface area contributed by atoms with Crippen LogP contribution in [0, 0.1) is 11.6 Å². The highest BCUT2D eigenvalue weighted by Gasteiger charge is 2.28. The van der Waals surface area contributed by atoms with Gasteiger partial charge in [0.1, 0.15) is 23.4 Å². The van der Waals surface area contributed by atoms with Gasteiger partial charge in [0.2, 0.25) is 15.9 Å². The second-order valence-corrected chi connectivity index (χ2v) is 8.68. The molecule has 1 atom stereocenters. The minimum atomic E-state index is -4.23. The summed E-state index contributed by atoms with van der Waals surface area (Å²) < 4.78 is 66.8. The molecular weight excluding hydrogens is 454 g/mol. The van der Waals surface area contributed by atoms with Crippen LogP contribution in [-0.4, -0.2) is 34.6 Å². The molecule has 0 aliphatic carbocycles. The smallest absolute Gasteiger partial charge is 0.243 e. The minimum absolute atomic E-state index is 0.0603. The summed E-state index contributed by atoms with van der Waals surface area (Å²) in [6.07, 6.45) is -0.0603. The Bertz CT molecular complexity index is 1220. The minimum Gasteiger partial charge on any atom is -0.493 e. The fourth-order valence-electron chi connectivity index (χ4n) is 3.10. The van der Waals surface area contributed by atoms with E-state index in [0.29, 0.717) is 11.3 Å². The number of sulfonamides is 1. The highest BCUT2D eigenvalue weighted by Crippen LogP contribution is 2.29. The molecule has 33 heavy (non-hydrogen) atoms. The van der Waals surface area contributed by atoms with Crippen molar-refractivity contribution in [2.24, 2.45) is 0 Å². The average molecular weight is 477 g/mol. The van der Waals surface area contributed by atoms with E-state index in [0.717, 1.165) is 18.2 Å². The van der Waals surface area contributed by atoms with Crippen LogP contribution in [0.1, 0.15) is 5.56 Å². The van der Waals surface area contributed by atoms with Crippen molar-refractivity contribution in [2.75, 3.05) is 19.5 Å². The van der Waals surface area contributed by atoms with Crippen molar-refractivity contribution in [2.45, 2.75) is 17.4 Å². The predicted molar refractivity (Wildman–Crippen MR) is 119 cm³/mol. The summed E-state index contributed by atoms with van der Waals surface area (Å²) in [6, 6.07) is 14.3. The van der Waals surface area contributed by atoms with Gasteiger partial charge >= 0.3 is 0 Å². The van der Waals surface area contributed by atoms with Gasteiger partial charge in [-0.15, -0.1) is 0 Å². The van der Waals surface area contributed by atoms with E-state index in [1.165, 1.54) is 32.4 Å². The molecule has 174 valence electrons. The third kappa shape index (κ3) is 5.85. The predicted octanol–water partition coefficient (Wildman–Crippen LogP) is 3.51. The summed E-state index contributed by atoms with van der Waals surface area (Å²) in [5.74, 6) is -2.39. The molecule has 1 unspecified atom stereocenters. The number of hydrogen-bond donors (Lipinski definition) is 2. The largest absolute Gasteiger partial charge is 0.493 e. The average Bonchev–Trinajstić information content (AvgIpc) is 2.81. The van der Waals surface area contributed by atoms with Gasteiger partial charge in [0.05, 0.1) is 19.1 Å². The zero-order valence-electron chi connectivity index (χ0n) is 17.8. The quantitative estimate of drug-likeness (QED) is 0.493. The lowest BCUT2D eigenvalue weighted by atomic mass is 10.1. The first-order chi connectivity index (χ1) is 15.7. The maximum absolute atomic E-state index is 14.0. The van der Waals surface area contributed by atoms with Crippen LogP contribution in [-0.2, 0) is 21.2 Å². The van der Waals surface area contributed by atoms with Crippen molar-refractivity contribution in [1.29, 1.82) is 0 Å². The molecule has 0 aromatic heterocycles. The van der Waals surface area contributed by atoms with Gasteiger partial charge in [0.25, 0.3) is 0 Å². The number of methoxy groups -OCH3 is 2. The monoisotopic (exact) mass is 476 g/mol. The van der Waals surface area contributed by atoms with Crippen LogP contribution < -0.4 is 19.5 Å². The molecular formula is C23H22F2N2O5S. The Labute approximate surface area is 190 Å². The first-order valence-electron chi connectivity index (χ1n) is 9.78. The van der Waals surface area contributed by atoms with Gasteiger partial charge in [-0.2, -0.15) is 4.72 Å². The lowest BCUT2D eigenvalue weighted by Gasteiger charge is -2.20. The van der Waals surface area contributed by atoms with Crippen LogP contribution in [0.15, 0.2) is 71.6 Å². The standard InChI is InChI=1S/C23H22F2N2O5S/c1-31-20-12-11-16(14-21(20)32-2)33(29,30)27-19(13-15-7-4-3-5-8-15)23(28)26-22-17(24)9-6-10-18(22)25/h3-12,14,19,27H,13H2,1-2H3,(H,26,28). The van der Waals surface area contributed by atoms with E-state index in [2.05, 4.69) is 10.0 Å². The number of halogens is 2. The molecule has 0 aliphatic rings. The fourth-order valence-corrected chi connectivity index (χ4v) is 4.31. The Morgan fingerprint density at radius 1 is 0.909 bits per heavy atom. The van der Waals surface area contributed by atoms with Crippen molar-refractivity contribution < 1.29 is 31.5 Å². The number of hydrogen-bond acceptors (Lipinski definition) is 5. The maximum Gasteiger partial charge on any atom is 0.243 e. The first kappa shape index (κ1) is 24.1. The number of nitrogens with one attached hydrogen (secondary N) is 2. The highest BCUT2D eigenvalue weighted by molar-refractivity contribution is 7.89. The lowest BCUT2D eigenvalue weighted by molar-refractivity contribution is -0.117. The molecule has 0 fully saturated rings. The van der Waals surface area contributed by atoms with E-state index in [1.807, 2.05) is 0 Å². The SMILES string of the molecule is COc1ccc(S(=O)(=O)NC(Cc2ccccc2)C(=O)Nc2c(F)cccc2F)cc1OC. The van der Waals surface area contributed by atoms with E-state index in [1.54, 1.807) is 30.3 Å². The molecule has 0 saturated carbocycles. The van der Waals surface area contributed by atoms with E-state index < -0.39 is 39.3 Å². The second-order valence-electron chi connectivity index (χ2n) is 6.97. The number of carbonyl (C=O) groups excluding carboxylic acids is 1. The lowest BCUT2D eigenvalue weighted by Crippen LogP contribution is -2.45. The topological polar surface area (TPSA) is 93.7 Å². The molecule has 3 aromatic carbocycles. The Kier molecular flexibility index (Phi) is 7.62. The van der Waals surface area contributed by atoms with Crippen molar-refractivity contribution in [3.05, 3.63) is 83.9 Å². The maximum atomic E-state index is 14.0. The highest BCUT2D eigenvalue weighted by atomic mass is 32.2. The number of benzene rings is 3. The van der Waals surface area contributed by atoms with Crippen LogP contribution in [0.4, 0.5) is 14.5 Å². The zero-order chi connectivity index (χ0) is 24.0. The molecule has 2 N–H and O–H groups in total. The Balaban J connectivity index is 1.93. The third-order valence-electron chi connectivity index (χ3n) is 4.77. The first-order valence-corrected chi connectivity index (χ1v) is 11.3. The van der Waals surface area contributed by atoms with Crippen LogP contribution in [0.5, 0.6) is 11.5 Å². The van der Waals surface area contributed by atoms with E-state index in [-0.39, 0.29) is 17.1 Å². The number of para-hydroxylation sites is 1. The summed E-state index contributed by atoms with van der Waals surface area (Å²) in [6.45, 7) is 0. The summed E-state index contributed by atoms with van der Waals surface area (Å²) in [5.41, 5.74) is -0.0208. The molecule has 3 rings (SSSR count). The number of rotatable bonds is 9. The van der Waals surface area contributed by atoms with Crippen LogP contribution >= 0.6 is 0 Å². The second kappa shape index (κ2) is 10.4. The number of anilines is 1. The number of carbonyl (C=O) groups is 1. The van der Waals surface area contributed by atoms with Crippen molar-refractivity contribution in [1.82, 2.24) is 4.72 Å². The van der Waals surface area contributed by atoms with Crippen LogP contribution in [0.3, 0.4) is 0 Å². The third-order valence-corrected chi connectivity index (χ3v) is 6.24. The van der Waals surface area contributed by atoms with Gasteiger partial charge in [-0.3, -0.25) is 4.79 Å². The molecule has 10 heteroatoms. The molecule has 0 heterocycles. The Morgan fingerprint density at radius 2 is 1.55 bits per heavy atom. The van der Waals surface area contributed by atoms with Crippen molar-refractivity contribution in [3.63, 3.8) is 0 Å². The van der Waals surface area contributed by atoms with Gasteiger partial charge < -0.3 is 14.8 Å². The number of amides is 1. The zero-order valence-corrected chi connectivity index (χ0v) is 18.7. The van der Waals surface area contributed by atoms with Crippen molar-refractivity contribution >= 4 is 21.6 Å². The summed E-state index contributed by atoms with van der Waals surface area (Å²) in [5, 5.41) is 2.15. The van der Waals surface area contributed by atoms with Gasteiger partial charge in [0, 0.05) is 6.07 Å². The van der Waals surface area contributed by atoms with Crippen LogP contribution in [0.2, 0.25) is 0 Å². The normalized spacial score (nSPS) is 12.1. The Hall–Kier alpha value is -3.50. The van der Waals surface area contributed by atoms with Gasteiger partial charge in [0.15, 0.2) is 11.5 Å². The summed E-state index contributed by atoms with van der Waals surface area (Å²) in [4.78, 5) is 12.8. The van der Waals surface area contributed by atoms with E-state index in [4.69, 9.17) is 9.47 Å². The summed E-state index contributed by atoms with van der Waals surface area (Å²) in [7, 11) is -1.46. The molecule has 1 amide bonds. The molecule has 0 bridgehead atoms. The van der Waals surface area contributed by atoms with E-state index >= 15 is 0 Å². The number of ether oxygens (including phenoxy) is 2. The van der Waals surface area contributed by atoms with Crippen molar-refractivity contribution in [3.8, 4) is 11.5 Å². The molecule has 0 radical (unpaired) electrons. The Morgan fingerprint density at radius 3 is 2.15 bits per heavy atom. The van der Waals surface area contributed by atoms with Gasteiger partial charge in [-0.25, -0.2) is 17.2 Å². The molecule has 0 aliphatic heterocycles. The van der Waals surface area contributed by atoms with Gasteiger partial charge in [-0.1, -0.05) is 36.4 Å².